The first-order valence-electron chi connectivity index (χ1n) is 8.86. The number of carbonyl (C=O) groups excluding carboxylic acids is 2. The average Bonchev–Trinajstić information content (AvgIpc) is 2.67. The summed E-state index contributed by atoms with van der Waals surface area (Å²) in [6, 6.07) is 7.81. The summed E-state index contributed by atoms with van der Waals surface area (Å²) < 4.78 is 23.6. The maximum atomic E-state index is 13.1. The number of rotatable bonds is 7. The second kappa shape index (κ2) is 9.21. The Morgan fingerprint density at radius 1 is 1.00 bits per heavy atom. The molecule has 0 saturated carbocycles. The minimum absolute atomic E-state index is 0.162. The van der Waals surface area contributed by atoms with Crippen molar-refractivity contribution in [2.45, 2.75) is 26.8 Å². The lowest BCUT2D eigenvalue weighted by Crippen LogP contribution is -2.47. The van der Waals surface area contributed by atoms with E-state index in [-0.39, 0.29) is 17.4 Å². The molecule has 0 saturated heterocycles. The maximum Gasteiger partial charge on any atom is 0.251 e. The molecule has 0 heterocycles. The van der Waals surface area contributed by atoms with Gasteiger partial charge in [0.1, 0.15) is 11.9 Å². The van der Waals surface area contributed by atoms with Gasteiger partial charge >= 0.3 is 0 Å². The van der Waals surface area contributed by atoms with Crippen LogP contribution in [0, 0.1) is 18.7 Å². The van der Waals surface area contributed by atoms with Crippen LogP contribution in [-0.2, 0) is 4.79 Å². The molecule has 0 aliphatic carbocycles. The van der Waals surface area contributed by atoms with Crippen LogP contribution in [0.2, 0.25) is 0 Å². The standard InChI is InChI=1S/C21H25FN2O4/c1-12(2)19(24-20(25)14-6-8-15(22)9-7-14)21(26)23-16-11-18(28-5)17(27-4)10-13(16)3/h6-12,19H,1-5H3,(H,23,26)(H,24,25). The van der Waals surface area contributed by atoms with E-state index < -0.39 is 17.8 Å². The lowest BCUT2D eigenvalue weighted by molar-refractivity contribution is -0.118. The first kappa shape index (κ1) is 21.2. The Balaban J connectivity index is 2.19. The van der Waals surface area contributed by atoms with Crippen LogP contribution in [0.4, 0.5) is 10.1 Å². The van der Waals surface area contributed by atoms with Crippen molar-refractivity contribution < 1.29 is 23.5 Å². The van der Waals surface area contributed by atoms with Crippen molar-refractivity contribution in [3.05, 3.63) is 53.3 Å². The molecular formula is C21H25FN2O4. The fourth-order valence-corrected chi connectivity index (χ4v) is 2.69. The van der Waals surface area contributed by atoms with Gasteiger partial charge in [-0.3, -0.25) is 9.59 Å². The monoisotopic (exact) mass is 388 g/mol. The number of methoxy groups -OCH3 is 2. The van der Waals surface area contributed by atoms with E-state index in [0.29, 0.717) is 17.2 Å². The topological polar surface area (TPSA) is 76.7 Å². The van der Waals surface area contributed by atoms with Crippen LogP contribution < -0.4 is 20.1 Å². The number of benzene rings is 2. The highest BCUT2D eigenvalue weighted by molar-refractivity contribution is 6.01. The summed E-state index contributed by atoms with van der Waals surface area (Å²) in [5.74, 6) is -0.356. The fourth-order valence-electron chi connectivity index (χ4n) is 2.69. The lowest BCUT2D eigenvalue weighted by Gasteiger charge is -2.23. The SMILES string of the molecule is COc1cc(C)c(NC(=O)C(NC(=O)c2ccc(F)cc2)C(C)C)cc1OC. The van der Waals surface area contributed by atoms with Crippen molar-refractivity contribution in [3.63, 3.8) is 0 Å². The summed E-state index contributed by atoms with van der Waals surface area (Å²) in [6.07, 6.45) is 0. The number of amides is 2. The van der Waals surface area contributed by atoms with Crippen molar-refractivity contribution in [3.8, 4) is 11.5 Å². The Morgan fingerprint density at radius 2 is 1.57 bits per heavy atom. The molecule has 150 valence electrons. The summed E-state index contributed by atoms with van der Waals surface area (Å²) in [4.78, 5) is 25.3. The molecule has 2 rings (SSSR count). The molecule has 1 unspecified atom stereocenters. The first-order chi connectivity index (χ1) is 13.3. The van der Waals surface area contributed by atoms with E-state index in [1.807, 2.05) is 20.8 Å². The van der Waals surface area contributed by atoms with Gasteiger partial charge in [0.25, 0.3) is 5.91 Å². The van der Waals surface area contributed by atoms with Crippen molar-refractivity contribution >= 4 is 17.5 Å². The van der Waals surface area contributed by atoms with E-state index >= 15 is 0 Å². The smallest absolute Gasteiger partial charge is 0.251 e. The molecular weight excluding hydrogens is 363 g/mol. The van der Waals surface area contributed by atoms with Crippen LogP contribution >= 0.6 is 0 Å². The molecule has 0 radical (unpaired) electrons. The largest absolute Gasteiger partial charge is 0.493 e. The Bertz CT molecular complexity index is 850. The minimum Gasteiger partial charge on any atom is -0.493 e. The predicted molar refractivity (Wildman–Crippen MR) is 105 cm³/mol. The molecule has 7 heteroatoms. The molecule has 0 spiro atoms. The summed E-state index contributed by atoms with van der Waals surface area (Å²) >= 11 is 0. The highest BCUT2D eigenvalue weighted by atomic mass is 19.1. The van der Waals surface area contributed by atoms with Crippen LogP contribution in [0.5, 0.6) is 11.5 Å². The molecule has 2 aromatic rings. The second-order valence-electron chi connectivity index (χ2n) is 6.71. The van der Waals surface area contributed by atoms with E-state index in [2.05, 4.69) is 10.6 Å². The van der Waals surface area contributed by atoms with Gasteiger partial charge in [0.05, 0.1) is 14.2 Å². The lowest BCUT2D eigenvalue weighted by atomic mass is 10.0. The summed E-state index contributed by atoms with van der Waals surface area (Å²) in [7, 11) is 3.05. The zero-order chi connectivity index (χ0) is 20.8. The van der Waals surface area contributed by atoms with Crippen molar-refractivity contribution in [1.82, 2.24) is 5.32 Å². The van der Waals surface area contributed by atoms with Gasteiger partial charge < -0.3 is 20.1 Å². The minimum atomic E-state index is -0.773. The first-order valence-corrected chi connectivity index (χ1v) is 8.86. The summed E-state index contributed by atoms with van der Waals surface area (Å²) in [6.45, 7) is 5.49. The highest BCUT2D eigenvalue weighted by Gasteiger charge is 2.25. The number of hydrogen-bond donors (Lipinski definition) is 2. The Hall–Kier alpha value is -3.09. The quantitative estimate of drug-likeness (QED) is 0.761. The molecule has 1 atom stereocenters. The molecule has 2 amide bonds. The molecule has 2 aromatic carbocycles. The zero-order valence-electron chi connectivity index (χ0n) is 16.6. The molecule has 0 bridgehead atoms. The zero-order valence-corrected chi connectivity index (χ0v) is 16.6. The fraction of sp³-hybridized carbons (Fsp3) is 0.333. The van der Waals surface area contributed by atoms with Gasteiger partial charge in [-0.05, 0) is 48.7 Å². The number of carbonyl (C=O) groups is 2. The van der Waals surface area contributed by atoms with Gasteiger partial charge in [-0.2, -0.15) is 0 Å². The number of hydrogen-bond acceptors (Lipinski definition) is 4. The van der Waals surface area contributed by atoms with E-state index in [1.165, 1.54) is 38.5 Å². The van der Waals surface area contributed by atoms with Crippen LogP contribution in [0.15, 0.2) is 36.4 Å². The number of aryl methyl sites for hydroxylation is 1. The Morgan fingerprint density at radius 3 is 2.11 bits per heavy atom. The maximum absolute atomic E-state index is 13.1. The van der Waals surface area contributed by atoms with E-state index in [9.17, 15) is 14.0 Å². The molecule has 0 aliphatic heterocycles. The van der Waals surface area contributed by atoms with Gasteiger partial charge in [-0.25, -0.2) is 4.39 Å². The number of ether oxygens (including phenoxy) is 2. The third kappa shape index (κ3) is 5.00. The van der Waals surface area contributed by atoms with Crippen LogP contribution in [-0.4, -0.2) is 32.1 Å². The van der Waals surface area contributed by atoms with E-state index in [1.54, 1.807) is 12.1 Å². The van der Waals surface area contributed by atoms with Gasteiger partial charge in [0.2, 0.25) is 5.91 Å². The Kier molecular flexibility index (Phi) is 6.98. The molecule has 0 aromatic heterocycles. The van der Waals surface area contributed by atoms with E-state index in [0.717, 1.165) is 5.56 Å². The third-order valence-corrected chi connectivity index (χ3v) is 4.33. The predicted octanol–water partition coefficient (Wildman–Crippen LogP) is 3.54. The van der Waals surface area contributed by atoms with E-state index in [4.69, 9.17) is 9.47 Å². The molecule has 6 nitrogen and oxygen atoms in total. The highest BCUT2D eigenvalue weighted by Crippen LogP contribution is 2.33. The van der Waals surface area contributed by atoms with Crippen LogP contribution in [0.25, 0.3) is 0 Å². The third-order valence-electron chi connectivity index (χ3n) is 4.33. The van der Waals surface area contributed by atoms with Crippen molar-refractivity contribution in [1.29, 1.82) is 0 Å². The summed E-state index contributed by atoms with van der Waals surface area (Å²) in [5.41, 5.74) is 1.63. The van der Waals surface area contributed by atoms with Crippen molar-refractivity contribution in [2.75, 3.05) is 19.5 Å². The summed E-state index contributed by atoms with van der Waals surface area (Å²) in [5, 5.41) is 5.55. The van der Waals surface area contributed by atoms with Gasteiger partial charge in [-0.1, -0.05) is 13.8 Å². The van der Waals surface area contributed by atoms with Crippen molar-refractivity contribution in [2.24, 2.45) is 5.92 Å². The van der Waals surface area contributed by atoms with Crippen LogP contribution in [0.1, 0.15) is 29.8 Å². The molecule has 2 N–H and O–H groups in total. The molecule has 28 heavy (non-hydrogen) atoms. The van der Waals surface area contributed by atoms with Gasteiger partial charge in [0, 0.05) is 17.3 Å². The van der Waals surface area contributed by atoms with Crippen LogP contribution in [0.3, 0.4) is 0 Å². The molecule has 0 aliphatic rings. The van der Waals surface area contributed by atoms with Gasteiger partial charge in [0.15, 0.2) is 11.5 Å². The number of anilines is 1. The van der Waals surface area contributed by atoms with Gasteiger partial charge in [-0.15, -0.1) is 0 Å². The number of nitrogens with one attached hydrogen (secondary N) is 2. The normalized spacial score (nSPS) is 11.7. The Labute approximate surface area is 164 Å². The average molecular weight is 388 g/mol. The number of halogens is 1. The molecule has 0 fully saturated rings. The second-order valence-corrected chi connectivity index (χ2v) is 6.71.